The summed E-state index contributed by atoms with van der Waals surface area (Å²) in [5, 5.41) is 8.94. The summed E-state index contributed by atoms with van der Waals surface area (Å²) >= 11 is 0. The van der Waals surface area contributed by atoms with Crippen molar-refractivity contribution in [3.05, 3.63) is 53.6 Å². The fourth-order valence-corrected chi connectivity index (χ4v) is 3.59. The highest BCUT2D eigenvalue weighted by atomic mass is 35.5. The largest absolute Gasteiger partial charge is 0.341 e. The first-order valence-electron chi connectivity index (χ1n) is 10.0. The highest BCUT2D eigenvalue weighted by Gasteiger charge is 2.20. The van der Waals surface area contributed by atoms with Crippen molar-refractivity contribution in [2.24, 2.45) is 5.92 Å². The lowest BCUT2D eigenvalue weighted by Crippen LogP contribution is -2.35. The number of rotatable bonds is 6. The Morgan fingerprint density at radius 1 is 1.10 bits per heavy atom. The highest BCUT2D eigenvalue weighted by Crippen LogP contribution is 2.13. The van der Waals surface area contributed by atoms with Gasteiger partial charge in [0.2, 0.25) is 5.91 Å². The molecule has 1 aliphatic heterocycles. The average Bonchev–Trinajstić information content (AvgIpc) is 2.96. The van der Waals surface area contributed by atoms with E-state index >= 15 is 0 Å². The Hall–Kier alpha value is -2.07. The van der Waals surface area contributed by atoms with Gasteiger partial charge in [0.1, 0.15) is 0 Å². The molecule has 1 amide bonds. The van der Waals surface area contributed by atoms with Gasteiger partial charge in [-0.3, -0.25) is 9.69 Å². The van der Waals surface area contributed by atoms with Gasteiger partial charge in [-0.15, -0.1) is 24.8 Å². The Balaban J connectivity index is 0.00000225. The van der Waals surface area contributed by atoms with Crippen LogP contribution in [0.4, 0.5) is 0 Å². The number of hydrogen-bond acceptors (Lipinski definition) is 4. The number of halogens is 2. The van der Waals surface area contributed by atoms with Crippen molar-refractivity contribution in [3.8, 4) is 6.07 Å². The SMILES string of the molecule is CC(C)CC(=O)N1CCCN(Cc2cncn2Cc2ccc(C#N)cc2)CC1.Cl.Cl. The molecule has 3 rings (SSSR count). The van der Waals surface area contributed by atoms with Crippen LogP contribution in [-0.2, 0) is 17.9 Å². The van der Waals surface area contributed by atoms with Gasteiger partial charge in [-0.05, 0) is 30.0 Å². The zero-order chi connectivity index (χ0) is 19.9. The van der Waals surface area contributed by atoms with Gasteiger partial charge in [-0.1, -0.05) is 26.0 Å². The Bertz CT molecular complexity index is 829. The summed E-state index contributed by atoms with van der Waals surface area (Å²) in [7, 11) is 0. The second kappa shape index (κ2) is 12.6. The van der Waals surface area contributed by atoms with Gasteiger partial charge in [0.25, 0.3) is 0 Å². The zero-order valence-electron chi connectivity index (χ0n) is 17.7. The second-order valence-corrected chi connectivity index (χ2v) is 7.93. The molecule has 1 aliphatic rings. The molecule has 2 heterocycles. The first-order chi connectivity index (χ1) is 13.5. The fourth-order valence-electron chi connectivity index (χ4n) is 3.59. The first kappa shape index (κ1) is 26.0. The van der Waals surface area contributed by atoms with Crippen LogP contribution in [0.1, 0.15) is 43.5 Å². The number of amides is 1. The van der Waals surface area contributed by atoms with Gasteiger partial charge in [0.05, 0.1) is 23.7 Å². The van der Waals surface area contributed by atoms with Crippen molar-refractivity contribution in [1.29, 1.82) is 5.26 Å². The first-order valence-corrected chi connectivity index (χ1v) is 10.0. The minimum Gasteiger partial charge on any atom is -0.341 e. The summed E-state index contributed by atoms with van der Waals surface area (Å²) in [5.74, 6) is 0.686. The summed E-state index contributed by atoms with van der Waals surface area (Å²) in [6.07, 6.45) is 5.44. The van der Waals surface area contributed by atoms with Crippen LogP contribution in [0.3, 0.4) is 0 Å². The van der Waals surface area contributed by atoms with E-state index in [1.807, 2.05) is 41.7 Å². The van der Waals surface area contributed by atoms with Gasteiger partial charge in [0, 0.05) is 51.9 Å². The molecule has 0 radical (unpaired) electrons. The molecule has 1 saturated heterocycles. The minimum absolute atomic E-state index is 0. The van der Waals surface area contributed by atoms with Crippen molar-refractivity contribution >= 4 is 30.7 Å². The third kappa shape index (κ3) is 7.32. The summed E-state index contributed by atoms with van der Waals surface area (Å²) in [4.78, 5) is 21.1. The van der Waals surface area contributed by atoms with E-state index < -0.39 is 0 Å². The van der Waals surface area contributed by atoms with E-state index in [2.05, 4.69) is 34.4 Å². The molecule has 8 heteroatoms. The molecule has 0 atom stereocenters. The smallest absolute Gasteiger partial charge is 0.222 e. The van der Waals surface area contributed by atoms with Crippen molar-refractivity contribution in [3.63, 3.8) is 0 Å². The third-order valence-electron chi connectivity index (χ3n) is 5.14. The molecule has 0 bridgehead atoms. The molecule has 0 spiro atoms. The van der Waals surface area contributed by atoms with Crippen LogP contribution < -0.4 is 0 Å². The lowest BCUT2D eigenvalue weighted by Gasteiger charge is -2.23. The van der Waals surface area contributed by atoms with Crippen LogP contribution in [0.5, 0.6) is 0 Å². The van der Waals surface area contributed by atoms with Crippen molar-refractivity contribution in [1.82, 2.24) is 19.4 Å². The summed E-state index contributed by atoms with van der Waals surface area (Å²) in [6, 6.07) is 9.84. The third-order valence-corrected chi connectivity index (χ3v) is 5.14. The number of hydrogen-bond donors (Lipinski definition) is 0. The van der Waals surface area contributed by atoms with Crippen LogP contribution in [0.25, 0.3) is 0 Å². The normalized spacial score (nSPS) is 14.4. The molecule has 0 aliphatic carbocycles. The minimum atomic E-state index is 0. The van der Waals surface area contributed by atoms with Crippen molar-refractivity contribution in [2.45, 2.75) is 39.8 Å². The quantitative estimate of drug-likeness (QED) is 0.670. The number of nitrogens with zero attached hydrogens (tertiary/aromatic N) is 5. The van der Waals surface area contributed by atoms with Crippen LogP contribution in [-0.4, -0.2) is 51.4 Å². The molecular weight excluding hydrogens is 421 g/mol. The molecular formula is C22H31Cl2N5O. The zero-order valence-corrected chi connectivity index (χ0v) is 19.3. The molecule has 1 aromatic heterocycles. The number of nitriles is 1. The van der Waals surface area contributed by atoms with E-state index in [9.17, 15) is 4.79 Å². The Morgan fingerprint density at radius 3 is 2.50 bits per heavy atom. The molecule has 0 N–H and O–H groups in total. The number of aromatic nitrogens is 2. The molecule has 0 unspecified atom stereocenters. The molecule has 6 nitrogen and oxygen atoms in total. The second-order valence-electron chi connectivity index (χ2n) is 7.93. The maximum absolute atomic E-state index is 12.4. The summed E-state index contributed by atoms with van der Waals surface area (Å²) in [6.45, 7) is 9.31. The van der Waals surface area contributed by atoms with Gasteiger partial charge in [-0.25, -0.2) is 4.98 Å². The molecule has 1 fully saturated rings. The van der Waals surface area contributed by atoms with Gasteiger partial charge in [-0.2, -0.15) is 5.26 Å². The standard InChI is InChI=1S/C22H29N5O.2ClH/c1-18(2)12-22(28)26-9-3-8-25(10-11-26)16-21-14-24-17-27(21)15-20-6-4-19(13-23)5-7-20;;/h4-7,14,17-18H,3,8-12,15-16H2,1-2H3;2*1H. The summed E-state index contributed by atoms with van der Waals surface area (Å²) < 4.78 is 2.16. The molecule has 164 valence electrons. The molecule has 2 aromatic rings. The number of benzene rings is 1. The maximum Gasteiger partial charge on any atom is 0.222 e. The lowest BCUT2D eigenvalue weighted by molar-refractivity contribution is -0.131. The predicted molar refractivity (Wildman–Crippen MR) is 123 cm³/mol. The topological polar surface area (TPSA) is 65.2 Å². The number of imidazole rings is 1. The van der Waals surface area contributed by atoms with Crippen LogP contribution in [0.15, 0.2) is 36.8 Å². The predicted octanol–water partition coefficient (Wildman–Crippen LogP) is 3.73. The van der Waals surface area contributed by atoms with Gasteiger partial charge >= 0.3 is 0 Å². The van der Waals surface area contributed by atoms with Gasteiger partial charge in [0.15, 0.2) is 0 Å². The summed E-state index contributed by atoms with van der Waals surface area (Å²) in [5.41, 5.74) is 3.00. The van der Waals surface area contributed by atoms with E-state index in [-0.39, 0.29) is 30.7 Å². The van der Waals surface area contributed by atoms with E-state index in [0.29, 0.717) is 17.9 Å². The van der Waals surface area contributed by atoms with E-state index in [1.165, 1.54) is 5.69 Å². The van der Waals surface area contributed by atoms with Crippen molar-refractivity contribution in [2.75, 3.05) is 26.2 Å². The molecule has 0 saturated carbocycles. The van der Waals surface area contributed by atoms with E-state index in [4.69, 9.17) is 5.26 Å². The molecule has 30 heavy (non-hydrogen) atoms. The van der Waals surface area contributed by atoms with E-state index in [0.717, 1.165) is 51.3 Å². The lowest BCUT2D eigenvalue weighted by atomic mass is 10.1. The Kier molecular flexibility index (Phi) is 10.9. The maximum atomic E-state index is 12.4. The Labute approximate surface area is 191 Å². The monoisotopic (exact) mass is 451 g/mol. The molecule has 1 aromatic carbocycles. The fraction of sp³-hybridized carbons (Fsp3) is 0.500. The van der Waals surface area contributed by atoms with Crippen LogP contribution >= 0.6 is 24.8 Å². The van der Waals surface area contributed by atoms with Crippen LogP contribution in [0.2, 0.25) is 0 Å². The van der Waals surface area contributed by atoms with Crippen molar-refractivity contribution < 1.29 is 4.79 Å². The van der Waals surface area contributed by atoms with Crippen LogP contribution in [0, 0.1) is 17.2 Å². The van der Waals surface area contributed by atoms with E-state index in [1.54, 1.807) is 0 Å². The average molecular weight is 452 g/mol. The number of carbonyl (C=O) groups excluding carboxylic acids is 1. The highest BCUT2D eigenvalue weighted by molar-refractivity contribution is 5.85. The Morgan fingerprint density at radius 2 is 1.83 bits per heavy atom. The van der Waals surface area contributed by atoms with Gasteiger partial charge < -0.3 is 9.47 Å². The number of carbonyl (C=O) groups is 1.